The Labute approximate surface area is 172 Å². The molecular formula is C22H23F3N2O3. The van der Waals surface area contributed by atoms with Crippen molar-refractivity contribution in [3.63, 3.8) is 0 Å². The first-order chi connectivity index (χ1) is 14.2. The fourth-order valence-electron chi connectivity index (χ4n) is 3.90. The summed E-state index contributed by atoms with van der Waals surface area (Å²) in [7, 11) is 0. The molecule has 2 aromatic carbocycles. The van der Waals surface area contributed by atoms with E-state index in [1.165, 1.54) is 23.1 Å². The van der Waals surface area contributed by atoms with Crippen molar-refractivity contribution in [1.29, 1.82) is 0 Å². The molecule has 30 heavy (non-hydrogen) atoms. The van der Waals surface area contributed by atoms with Crippen molar-refractivity contribution in [3.8, 4) is 5.75 Å². The predicted octanol–water partition coefficient (Wildman–Crippen LogP) is 3.88. The molecule has 1 fully saturated rings. The summed E-state index contributed by atoms with van der Waals surface area (Å²) in [4.78, 5) is 26.1. The van der Waals surface area contributed by atoms with Gasteiger partial charge in [0.05, 0.1) is 17.7 Å². The first-order valence-corrected chi connectivity index (χ1v) is 9.62. The van der Waals surface area contributed by atoms with Gasteiger partial charge < -0.3 is 15.4 Å². The van der Waals surface area contributed by atoms with Crippen molar-refractivity contribution >= 4 is 11.8 Å². The van der Waals surface area contributed by atoms with Gasteiger partial charge in [-0.25, -0.2) is 0 Å². The Morgan fingerprint density at radius 3 is 2.40 bits per heavy atom. The monoisotopic (exact) mass is 420 g/mol. The number of rotatable bonds is 6. The maximum Gasteiger partial charge on any atom is 0.417 e. The van der Waals surface area contributed by atoms with Crippen LogP contribution in [0.3, 0.4) is 0 Å². The number of primary amides is 1. The standard InChI is InChI=1S/C22H23F3N2O3/c23-22(24,25)18-10-5-4-9-17(18)20(29)27-12-6-11-21(14-27,13-19(26)28)15-30-16-7-2-1-3-8-16/h1-5,7-10H,6,11-15H2,(H2,26,28)/t21-/m0/s1. The summed E-state index contributed by atoms with van der Waals surface area (Å²) in [6.07, 6.45) is -3.55. The Balaban J connectivity index is 1.83. The minimum Gasteiger partial charge on any atom is -0.493 e. The van der Waals surface area contributed by atoms with Crippen molar-refractivity contribution in [2.45, 2.75) is 25.4 Å². The van der Waals surface area contributed by atoms with Crippen molar-refractivity contribution < 1.29 is 27.5 Å². The molecule has 160 valence electrons. The molecule has 3 rings (SSSR count). The number of hydrogen-bond acceptors (Lipinski definition) is 3. The molecule has 0 unspecified atom stereocenters. The molecule has 0 spiro atoms. The number of hydrogen-bond donors (Lipinski definition) is 1. The number of amides is 2. The van der Waals surface area contributed by atoms with Gasteiger partial charge in [0.25, 0.3) is 5.91 Å². The molecule has 2 amide bonds. The molecule has 0 saturated carbocycles. The highest BCUT2D eigenvalue weighted by molar-refractivity contribution is 5.96. The van der Waals surface area contributed by atoms with Crippen LogP contribution in [-0.4, -0.2) is 36.4 Å². The number of benzene rings is 2. The lowest BCUT2D eigenvalue weighted by molar-refractivity contribution is -0.138. The summed E-state index contributed by atoms with van der Waals surface area (Å²) in [5.41, 5.74) is 3.31. The summed E-state index contributed by atoms with van der Waals surface area (Å²) in [5.74, 6) is -0.653. The highest BCUT2D eigenvalue weighted by Crippen LogP contribution is 2.37. The van der Waals surface area contributed by atoms with E-state index in [-0.39, 0.29) is 19.6 Å². The number of likely N-dealkylation sites (tertiary alicyclic amines) is 1. The predicted molar refractivity (Wildman–Crippen MR) is 105 cm³/mol. The summed E-state index contributed by atoms with van der Waals surface area (Å²) in [5, 5.41) is 0. The van der Waals surface area contributed by atoms with Gasteiger partial charge in [0.1, 0.15) is 5.75 Å². The minimum absolute atomic E-state index is 0.0233. The zero-order valence-electron chi connectivity index (χ0n) is 16.3. The fraction of sp³-hybridized carbons (Fsp3) is 0.364. The van der Waals surface area contributed by atoms with E-state index in [0.29, 0.717) is 25.1 Å². The second-order valence-corrected chi connectivity index (χ2v) is 7.62. The fourth-order valence-corrected chi connectivity index (χ4v) is 3.90. The van der Waals surface area contributed by atoms with E-state index < -0.39 is 34.5 Å². The summed E-state index contributed by atoms with van der Waals surface area (Å²) in [6, 6.07) is 13.7. The maximum absolute atomic E-state index is 13.4. The van der Waals surface area contributed by atoms with Gasteiger partial charge >= 0.3 is 6.18 Å². The van der Waals surface area contributed by atoms with Crippen LogP contribution in [0.15, 0.2) is 54.6 Å². The average Bonchev–Trinajstić information content (AvgIpc) is 2.71. The molecular weight excluding hydrogens is 397 g/mol. The highest BCUT2D eigenvalue weighted by Gasteiger charge is 2.41. The van der Waals surface area contributed by atoms with Crippen molar-refractivity contribution in [1.82, 2.24) is 4.90 Å². The second kappa shape index (κ2) is 8.77. The number of halogens is 3. The normalized spacial score (nSPS) is 19.4. The molecule has 1 atom stereocenters. The first-order valence-electron chi connectivity index (χ1n) is 9.62. The molecule has 0 aromatic heterocycles. The lowest BCUT2D eigenvalue weighted by Crippen LogP contribution is -2.50. The van der Waals surface area contributed by atoms with Crippen molar-refractivity contribution in [2.75, 3.05) is 19.7 Å². The van der Waals surface area contributed by atoms with Gasteiger partial charge in [-0.15, -0.1) is 0 Å². The van der Waals surface area contributed by atoms with E-state index in [0.717, 1.165) is 6.07 Å². The number of alkyl halides is 3. The SMILES string of the molecule is NC(=O)C[C@@]1(COc2ccccc2)CCCN(C(=O)c2ccccc2C(F)(F)F)C1. The van der Waals surface area contributed by atoms with E-state index >= 15 is 0 Å². The number of carbonyl (C=O) groups is 2. The van der Waals surface area contributed by atoms with Crippen molar-refractivity contribution in [2.24, 2.45) is 11.1 Å². The molecule has 0 radical (unpaired) electrons. The van der Waals surface area contributed by atoms with Crippen LogP contribution >= 0.6 is 0 Å². The highest BCUT2D eigenvalue weighted by atomic mass is 19.4. The van der Waals surface area contributed by atoms with Gasteiger partial charge in [-0.3, -0.25) is 9.59 Å². The Bertz CT molecular complexity index is 902. The van der Waals surface area contributed by atoms with Crippen LogP contribution in [0.1, 0.15) is 35.2 Å². The van der Waals surface area contributed by atoms with Crippen LogP contribution in [0.2, 0.25) is 0 Å². The molecule has 1 saturated heterocycles. The Hall–Kier alpha value is -3.03. The molecule has 1 aliphatic rings. The molecule has 8 heteroatoms. The molecule has 1 aliphatic heterocycles. The topological polar surface area (TPSA) is 72.6 Å². The van der Waals surface area contributed by atoms with Crippen LogP contribution in [0, 0.1) is 5.41 Å². The molecule has 0 bridgehead atoms. The number of carbonyl (C=O) groups excluding carboxylic acids is 2. The van der Waals surface area contributed by atoms with E-state index in [4.69, 9.17) is 10.5 Å². The zero-order valence-corrected chi connectivity index (χ0v) is 16.3. The molecule has 0 aliphatic carbocycles. The number of nitrogens with zero attached hydrogens (tertiary/aromatic N) is 1. The Kier molecular flexibility index (Phi) is 6.34. The number of piperidine rings is 1. The number of ether oxygens (including phenoxy) is 1. The molecule has 2 aromatic rings. The first kappa shape index (κ1) is 21.7. The van der Waals surface area contributed by atoms with Crippen LogP contribution in [0.5, 0.6) is 5.75 Å². The van der Waals surface area contributed by atoms with E-state index in [1.54, 1.807) is 24.3 Å². The van der Waals surface area contributed by atoms with E-state index in [9.17, 15) is 22.8 Å². The van der Waals surface area contributed by atoms with Gasteiger partial charge in [-0.1, -0.05) is 30.3 Å². The van der Waals surface area contributed by atoms with Crippen molar-refractivity contribution in [3.05, 3.63) is 65.7 Å². The third-order valence-electron chi connectivity index (χ3n) is 5.25. The second-order valence-electron chi connectivity index (χ2n) is 7.62. The van der Waals surface area contributed by atoms with Crippen LogP contribution in [0.25, 0.3) is 0 Å². The zero-order chi connectivity index (χ0) is 21.8. The average molecular weight is 420 g/mol. The third-order valence-corrected chi connectivity index (χ3v) is 5.25. The van der Waals surface area contributed by atoms with Gasteiger partial charge in [-0.05, 0) is 37.1 Å². The quantitative estimate of drug-likeness (QED) is 0.771. The Morgan fingerprint density at radius 2 is 1.73 bits per heavy atom. The van der Waals surface area contributed by atoms with E-state index in [1.807, 2.05) is 6.07 Å². The summed E-state index contributed by atoms with van der Waals surface area (Å²) >= 11 is 0. The van der Waals surface area contributed by atoms with Gasteiger partial charge in [0.15, 0.2) is 0 Å². The van der Waals surface area contributed by atoms with Crippen LogP contribution in [-0.2, 0) is 11.0 Å². The van der Waals surface area contributed by atoms with Crippen LogP contribution in [0.4, 0.5) is 13.2 Å². The number of para-hydroxylation sites is 1. The third kappa shape index (κ3) is 5.11. The molecule has 2 N–H and O–H groups in total. The van der Waals surface area contributed by atoms with E-state index in [2.05, 4.69) is 0 Å². The smallest absolute Gasteiger partial charge is 0.417 e. The Morgan fingerprint density at radius 1 is 1.07 bits per heavy atom. The molecule has 5 nitrogen and oxygen atoms in total. The number of nitrogens with two attached hydrogens (primary N) is 1. The lowest BCUT2D eigenvalue weighted by atomic mass is 9.77. The molecule has 1 heterocycles. The van der Waals surface area contributed by atoms with Gasteiger partial charge in [0.2, 0.25) is 5.91 Å². The maximum atomic E-state index is 13.4. The summed E-state index contributed by atoms with van der Waals surface area (Å²) < 4.78 is 45.9. The van der Waals surface area contributed by atoms with Gasteiger partial charge in [0, 0.05) is 24.9 Å². The minimum atomic E-state index is -4.64. The summed E-state index contributed by atoms with van der Waals surface area (Å²) in [6.45, 7) is 0.523. The van der Waals surface area contributed by atoms with Gasteiger partial charge in [-0.2, -0.15) is 13.2 Å². The largest absolute Gasteiger partial charge is 0.493 e. The lowest BCUT2D eigenvalue weighted by Gasteiger charge is -2.42. The van der Waals surface area contributed by atoms with Crippen LogP contribution < -0.4 is 10.5 Å².